The normalized spacial score (nSPS) is 15.2. The Bertz CT molecular complexity index is 1070. The maximum absolute atomic E-state index is 13.3. The lowest BCUT2D eigenvalue weighted by atomic mass is 9.87. The van der Waals surface area contributed by atoms with Gasteiger partial charge >= 0.3 is 6.09 Å². The van der Waals surface area contributed by atoms with Gasteiger partial charge in [-0.15, -0.1) is 0 Å². The smallest absolute Gasteiger partial charge is 0.409 e. The molecule has 31 heavy (non-hydrogen) atoms. The van der Waals surface area contributed by atoms with Crippen LogP contribution in [-0.2, 0) is 9.53 Å². The van der Waals surface area contributed by atoms with E-state index in [0.717, 1.165) is 22.0 Å². The number of benzene rings is 2. The van der Waals surface area contributed by atoms with E-state index in [1.165, 1.54) is 5.56 Å². The highest BCUT2D eigenvalue weighted by molar-refractivity contribution is 5.86. The molecule has 6 nitrogen and oxygen atoms in total. The van der Waals surface area contributed by atoms with E-state index in [2.05, 4.69) is 48.3 Å². The van der Waals surface area contributed by atoms with E-state index in [1.807, 2.05) is 23.2 Å². The molecule has 1 unspecified atom stereocenters. The zero-order chi connectivity index (χ0) is 21.8. The second kappa shape index (κ2) is 9.25. The standard InChI is InChI=1S/C25H29N3O3/c1-3-31-25(30)28-13-11-27(12-14-28)24(29)16-21(19-8-6-7-18(2)15-19)22-17-26-23-10-5-4-9-20(22)23/h4-10,15,17,21,26H,3,11-14,16H2,1-2H3. The fourth-order valence-electron chi connectivity index (χ4n) is 4.33. The number of hydrogen-bond donors (Lipinski definition) is 1. The molecular formula is C25H29N3O3. The first-order chi connectivity index (χ1) is 15.1. The van der Waals surface area contributed by atoms with Crippen LogP contribution in [-0.4, -0.2) is 59.6 Å². The van der Waals surface area contributed by atoms with Crippen molar-refractivity contribution in [1.29, 1.82) is 0 Å². The number of aromatic nitrogens is 1. The molecule has 162 valence electrons. The minimum atomic E-state index is -0.300. The lowest BCUT2D eigenvalue weighted by molar-refractivity contribution is -0.133. The van der Waals surface area contributed by atoms with E-state index in [-0.39, 0.29) is 17.9 Å². The summed E-state index contributed by atoms with van der Waals surface area (Å²) >= 11 is 0. The average Bonchev–Trinajstić information content (AvgIpc) is 3.21. The number of aryl methyl sites for hydroxylation is 1. The number of nitrogens with zero attached hydrogens (tertiary/aromatic N) is 2. The Hall–Kier alpha value is -3.28. The number of carbonyl (C=O) groups is 2. The number of aromatic amines is 1. The molecular weight excluding hydrogens is 390 g/mol. The van der Waals surface area contributed by atoms with Gasteiger partial charge < -0.3 is 19.5 Å². The van der Waals surface area contributed by atoms with Crippen molar-refractivity contribution >= 4 is 22.9 Å². The maximum atomic E-state index is 13.3. The SMILES string of the molecule is CCOC(=O)N1CCN(C(=O)CC(c2cccc(C)c2)c2c[nH]c3ccccc23)CC1. The zero-order valence-corrected chi connectivity index (χ0v) is 18.1. The fourth-order valence-corrected chi connectivity index (χ4v) is 4.33. The highest BCUT2D eigenvalue weighted by Crippen LogP contribution is 2.34. The molecule has 2 aromatic carbocycles. The summed E-state index contributed by atoms with van der Waals surface area (Å²) in [7, 11) is 0. The van der Waals surface area contributed by atoms with Gasteiger partial charge in [-0.3, -0.25) is 4.79 Å². The summed E-state index contributed by atoms with van der Waals surface area (Å²) in [6.07, 6.45) is 2.12. The highest BCUT2D eigenvalue weighted by atomic mass is 16.6. The predicted molar refractivity (Wildman–Crippen MR) is 121 cm³/mol. The average molecular weight is 420 g/mol. The van der Waals surface area contributed by atoms with Crippen LogP contribution in [0.4, 0.5) is 4.79 Å². The zero-order valence-electron chi connectivity index (χ0n) is 18.1. The minimum absolute atomic E-state index is 0.0355. The van der Waals surface area contributed by atoms with Crippen LogP contribution < -0.4 is 0 Å². The number of amides is 2. The first kappa shape index (κ1) is 21.0. The number of hydrogen-bond acceptors (Lipinski definition) is 3. The molecule has 1 fully saturated rings. The number of para-hydroxylation sites is 1. The van der Waals surface area contributed by atoms with Crippen LogP contribution in [0.15, 0.2) is 54.7 Å². The third kappa shape index (κ3) is 4.58. The molecule has 2 amide bonds. The summed E-state index contributed by atoms with van der Waals surface area (Å²) in [6, 6.07) is 16.6. The Labute approximate surface area is 182 Å². The van der Waals surface area contributed by atoms with Crippen molar-refractivity contribution < 1.29 is 14.3 Å². The van der Waals surface area contributed by atoms with Crippen molar-refractivity contribution in [2.24, 2.45) is 0 Å². The van der Waals surface area contributed by atoms with Crippen molar-refractivity contribution in [3.63, 3.8) is 0 Å². The molecule has 6 heteroatoms. The lowest BCUT2D eigenvalue weighted by Gasteiger charge is -2.34. The largest absolute Gasteiger partial charge is 0.450 e. The molecule has 0 saturated carbocycles. The predicted octanol–water partition coefficient (Wildman–Crippen LogP) is 4.30. The van der Waals surface area contributed by atoms with Crippen LogP contribution in [0.5, 0.6) is 0 Å². The van der Waals surface area contributed by atoms with Crippen molar-refractivity contribution in [3.05, 3.63) is 71.4 Å². The summed E-state index contributed by atoms with van der Waals surface area (Å²) in [5.74, 6) is 0.0759. The summed E-state index contributed by atoms with van der Waals surface area (Å²) in [6.45, 7) is 6.32. The van der Waals surface area contributed by atoms with Crippen molar-refractivity contribution in [2.75, 3.05) is 32.8 Å². The van der Waals surface area contributed by atoms with Crippen molar-refractivity contribution in [1.82, 2.24) is 14.8 Å². The minimum Gasteiger partial charge on any atom is -0.450 e. The number of rotatable bonds is 5. The van der Waals surface area contributed by atoms with Gasteiger partial charge in [0.25, 0.3) is 0 Å². The molecule has 2 heterocycles. The molecule has 1 aliphatic rings. The number of piperazine rings is 1. The van der Waals surface area contributed by atoms with Crippen molar-refractivity contribution in [2.45, 2.75) is 26.2 Å². The molecule has 4 rings (SSSR count). The number of ether oxygens (including phenoxy) is 1. The van der Waals surface area contributed by atoms with Crippen LogP contribution >= 0.6 is 0 Å². The van der Waals surface area contributed by atoms with Gasteiger partial charge in [0, 0.05) is 55.6 Å². The first-order valence-corrected chi connectivity index (χ1v) is 10.9. The summed E-state index contributed by atoms with van der Waals surface area (Å²) in [5, 5.41) is 1.15. The summed E-state index contributed by atoms with van der Waals surface area (Å²) in [5.41, 5.74) is 4.53. The van der Waals surface area contributed by atoms with Gasteiger partial charge in [-0.2, -0.15) is 0 Å². The first-order valence-electron chi connectivity index (χ1n) is 10.9. The van der Waals surface area contributed by atoms with Gasteiger partial charge in [-0.25, -0.2) is 4.79 Å². The van der Waals surface area contributed by atoms with Crippen LogP contribution in [0.2, 0.25) is 0 Å². The highest BCUT2D eigenvalue weighted by Gasteiger charge is 2.28. The van der Waals surface area contributed by atoms with Gasteiger partial charge in [0.2, 0.25) is 5.91 Å². The van der Waals surface area contributed by atoms with Gasteiger partial charge in [-0.1, -0.05) is 48.0 Å². The number of H-pyrrole nitrogens is 1. The number of nitrogens with one attached hydrogen (secondary N) is 1. The summed E-state index contributed by atoms with van der Waals surface area (Å²) in [4.78, 5) is 32.1. The van der Waals surface area contributed by atoms with E-state index >= 15 is 0 Å². The summed E-state index contributed by atoms with van der Waals surface area (Å²) < 4.78 is 5.08. The van der Waals surface area contributed by atoms with Crippen LogP contribution in [0, 0.1) is 6.92 Å². The molecule has 0 aliphatic carbocycles. The fraction of sp³-hybridized carbons (Fsp3) is 0.360. The van der Waals surface area contributed by atoms with Gasteiger partial charge in [0.1, 0.15) is 0 Å². The van der Waals surface area contributed by atoms with Crippen LogP contribution in [0.3, 0.4) is 0 Å². The molecule has 1 aromatic heterocycles. The topological polar surface area (TPSA) is 65.6 Å². The van der Waals surface area contributed by atoms with Crippen molar-refractivity contribution in [3.8, 4) is 0 Å². The molecule has 1 atom stereocenters. The Balaban J connectivity index is 1.55. The number of carbonyl (C=O) groups excluding carboxylic acids is 2. The molecule has 3 aromatic rings. The third-order valence-electron chi connectivity index (χ3n) is 5.98. The van der Waals surface area contributed by atoms with Gasteiger partial charge in [-0.05, 0) is 31.0 Å². The quantitative estimate of drug-likeness (QED) is 0.671. The molecule has 1 saturated heterocycles. The van der Waals surface area contributed by atoms with E-state index < -0.39 is 0 Å². The lowest BCUT2D eigenvalue weighted by Crippen LogP contribution is -2.50. The second-order valence-corrected chi connectivity index (χ2v) is 8.03. The second-order valence-electron chi connectivity index (χ2n) is 8.03. The Morgan fingerprint density at radius 2 is 1.77 bits per heavy atom. The van der Waals surface area contributed by atoms with E-state index in [1.54, 1.807) is 11.8 Å². The Morgan fingerprint density at radius 3 is 2.52 bits per heavy atom. The monoisotopic (exact) mass is 419 g/mol. The van der Waals surface area contributed by atoms with E-state index in [0.29, 0.717) is 39.2 Å². The van der Waals surface area contributed by atoms with Crippen LogP contribution in [0.1, 0.15) is 36.0 Å². The Morgan fingerprint density at radius 1 is 1.03 bits per heavy atom. The van der Waals surface area contributed by atoms with E-state index in [4.69, 9.17) is 4.74 Å². The maximum Gasteiger partial charge on any atom is 0.409 e. The number of fused-ring (bicyclic) bond motifs is 1. The molecule has 0 radical (unpaired) electrons. The third-order valence-corrected chi connectivity index (χ3v) is 5.98. The molecule has 0 bridgehead atoms. The molecule has 1 N–H and O–H groups in total. The van der Waals surface area contributed by atoms with Gasteiger partial charge in [0.15, 0.2) is 0 Å². The Kier molecular flexibility index (Phi) is 6.26. The molecule has 1 aliphatic heterocycles. The van der Waals surface area contributed by atoms with E-state index in [9.17, 15) is 9.59 Å². The molecule has 0 spiro atoms. The van der Waals surface area contributed by atoms with Crippen LogP contribution in [0.25, 0.3) is 10.9 Å². The van der Waals surface area contributed by atoms with Gasteiger partial charge in [0.05, 0.1) is 6.61 Å².